The van der Waals surface area contributed by atoms with Crippen molar-refractivity contribution in [2.75, 3.05) is 7.11 Å². The fourth-order valence-electron chi connectivity index (χ4n) is 3.46. The normalized spacial score (nSPS) is 13.2. The molecule has 3 rings (SSSR count). The number of benzene rings is 3. The number of hydrogen-bond acceptors (Lipinski definition) is 4. The van der Waals surface area contributed by atoms with Gasteiger partial charge >= 0.3 is 0 Å². The number of aryl methyl sites for hydroxylation is 1. The van der Waals surface area contributed by atoms with Crippen LogP contribution in [-0.4, -0.2) is 27.5 Å². The zero-order chi connectivity index (χ0) is 24.0. The predicted octanol–water partition coefficient (Wildman–Crippen LogP) is 3.91. The van der Waals surface area contributed by atoms with Crippen LogP contribution < -0.4 is 14.8 Å². The van der Waals surface area contributed by atoms with Crippen LogP contribution in [0.2, 0.25) is 0 Å². The van der Waals surface area contributed by atoms with Gasteiger partial charge < -0.3 is 10.1 Å². The molecule has 2 N–H and O–H groups in total. The van der Waals surface area contributed by atoms with Gasteiger partial charge in [-0.2, -0.15) is 4.72 Å². The van der Waals surface area contributed by atoms with Crippen molar-refractivity contribution in [3.8, 4) is 5.75 Å². The topological polar surface area (TPSA) is 84.5 Å². The van der Waals surface area contributed by atoms with Gasteiger partial charge in [0.05, 0.1) is 18.0 Å². The smallest absolute Gasteiger partial charge is 0.241 e. The van der Waals surface area contributed by atoms with Crippen LogP contribution in [0, 0.1) is 12.7 Å². The van der Waals surface area contributed by atoms with E-state index in [9.17, 15) is 17.6 Å². The maximum atomic E-state index is 13.2. The Hall–Kier alpha value is -3.23. The van der Waals surface area contributed by atoms with Crippen molar-refractivity contribution >= 4 is 15.9 Å². The molecule has 3 aromatic carbocycles. The molecule has 0 fully saturated rings. The minimum atomic E-state index is -3.99. The number of nitrogens with one attached hydrogen (secondary N) is 2. The molecule has 2 atom stereocenters. The van der Waals surface area contributed by atoms with Gasteiger partial charge in [-0.3, -0.25) is 4.79 Å². The quantitative estimate of drug-likeness (QED) is 0.497. The average molecular weight is 471 g/mol. The van der Waals surface area contributed by atoms with Crippen LogP contribution in [0.5, 0.6) is 5.75 Å². The highest BCUT2D eigenvalue weighted by Crippen LogP contribution is 2.22. The number of carbonyl (C=O) groups excluding carboxylic acids is 1. The highest BCUT2D eigenvalue weighted by Gasteiger charge is 2.27. The standard InChI is InChI=1S/C25H27FN2O4S/c1-17-15-22(13-14-24(17)32-3)33(30,31)28-23(16-19-7-5-4-6-8-19)25(29)27-18(2)20-9-11-21(26)12-10-20/h4-15,18,23,28H,16H2,1-3H3,(H,27,29)/t18-,23-/m1/s1. The molecular weight excluding hydrogens is 443 g/mol. The number of rotatable bonds is 9. The summed E-state index contributed by atoms with van der Waals surface area (Å²) in [7, 11) is -2.48. The van der Waals surface area contributed by atoms with Crippen LogP contribution in [0.4, 0.5) is 4.39 Å². The molecule has 3 aromatic rings. The number of methoxy groups -OCH3 is 1. The molecule has 0 saturated carbocycles. The number of carbonyl (C=O) groups is 1. The Morgan fingerprint density at radius 3 is 2.30 bits per heavy atom. The fourth-order valence-corrected chi connectivity index (χ4v) is 4.74. The molecule has 0 saturated heterocycles. The SMILES string of the molecule is COc1ccc(S(=O)(=O)N[C@H](Cc2ccccc2)C(=O)N[C@H](C)c2ccc(F)cc2)cc1C. The predicted molar refractivity (Wildman–Crippen MR) is 125 cm³/mol. The summed E-state index contributed by atoms with van der Waals surface area (Å²) < 4.78 is 47.2. The first kappa shape index (κ1) is 24.4. The van der Waals surface area contributed by atoms with Crippen molar-refractivity contribution < 1.29 is 22.3 Å². The van der Waals surface area contributed by atoms with Crippen molar-refractivity contribution in [1.29, 1.82) is 0 Å². The maximum Gasteiger partial charge on any atom is 0.241 e. The van der Waals surface area contributed by atoms with Gasteiger partial charge in [0.15, 0.2) is 0 Å². The van der Waals surface area contributed by atoms with Crippen LogP contribution in [0.15, 0.2) is 77.7 Å². The van der Waals surface area contributed by atoms with E-state index in [0.29, 0.717) is 16.9 Å². The molecule has 33 heavy (non-hydrogen) atoms. The molecule has 0 aliphatic rings. The Morgan fingerprint density at radius 2 is 1.70 bits per heavy atom. The zero-order valence-electron chi connectivity index (χ0n) is 18.7. The van der Waals surface area contributed by atoms with E-state index in [2.05, 4.69) is 10.0 Å². The summed E-state index contributed by atoms with van der Waals surface area (Å²) >= 11 is 0. The summed E-state index contributed by atoms with van der Waals surface area (Å²) in [6.45, 7) is 3.50. The molecule has 6 nitrogen and oxygen atoms in total. The highest BCUT2D eigenvalue weighted by molar-refractivity contribution is 7.89. The van der Waals surface area contributed by atoms with E-state index in [1.165, 1.54) is 31.4 Å². The van der Waals surface area contributed by atoms with E-state index in [-0.39, 0.29) is 17.1 Å². The Labute approximate surface area is 193 Å². The molecule has 0 spiro atoms. The van der Waals surface area contributed by atoms with Crippen LogP contribution >= 0.6 is 0 Å². The number of amides is 1. The lowest BCUT2D eigenvalue weighted by Gasteiger charge is -2.22. The second-order valence-corrected chi connectivity index (χ2v) is 9.49. The summed E-state index contributed by atoms with van der Waals surface area (Å²) in [4.78, 5) is 13.2. The molecule has 8 heteroatoms. The van der Waals surface area contributed by atoms with E-state index >= 15 is 0 Å². The van der Waals surface area contributed by atoms with Crippen LogP contribution in [0.25, 0.3) is 0 Å². The summed E-state index contributed by atoms with van der Waals surface area (Å²) in [5, 5.41) is 2.83. The van der Waals surface area contributed by atoms with Crippen LogP contribution in [0.3, 0.4) is 0 Å². The molecule has 0 aliphatic carbocycles. The molecule has 0 unspecified atom stereocenters. The molecule has 0 heterocycles. The van der Waals surface area contributed by atoms with Gasteiger partial charge in [-0.05, 0) is 67.3 Å². The minimum absolute atomic E-state index is 0.0400. The Bertz CT molecular complexity index is 1200. The van der Waals surface area contributed by atoms with Gasteiger partial charge in [0.25, 0.3) is 0 Å². The van der Waals surface area contributed by atoms with Crippen molar-refractivity contribution in [3.63, 3.8) is 0 Å². The summed E-state index contributed by atoms with van der Waals surface area (Å²) in [5.41, 5.74) is 2.17. The maximum absolute atomic E-state index is 13.2. The van der Waals surface area contributed by atoms with Crippen molar-refractivity contribution in [2.45, 2.75) is 37.2 Å². The first-order valence-electron chi connectivity index (χ1n) is 10.5. The molecule has 0 radical (unpaired) electrons. The van der Waals surface area contributed by atoms with Gasteiger partial charge in [-0.15, -0.1) is 0 Å². The Kier molecular flexibility index (Phi) is 7.84. The summed E-state index contributed by atoms with van der Waals surface area (Å²) in [6.07, 6.45) is 0.164. The monoisotopic (exact) mass is 470 g/mol. The van der Waals surface area contributed by atoms with Crippen molar-refractivity contribution in [2.24, 2.45) is 0 Å². The minimum Gasteiger partial charge on any atom is -0.496 e. The first-order chi connectivity index (χ1) is 15.7. The number of sulfonamides is 1. The molecule has 0 bridgehead atoms. The van der Waals surface area contributed by atoms with E-state index < -0.39 is 28.0 Å². The molecule has 0 aromatic heterocycles. The second-order valence-electron chi connectivity index (χ2n) is 7.78. The lowest BCUT2D eigenvalue weighted by atomic mass is 10.0. The van der Waals surface area contributed by atoms with Crippen molar-refractivity contribution in [1.82, 2.24) is 10.0 Å². The Balaban J connectivity index is 1.84. The van der Waals surface area contributed by atoms with E-state index in [1.54, 1.807) is 32.0 Å². The molecule has 174 valence electrons. The third-order valence-corrected chi connectivity index (χ3v) is 6.77. The van der Waals surface area contributed by atoms with Gasteiger partial charge in [0, 0.05) is 0 Å². The lowest BCUT2D eigenvalue weighted by Crippen LogP contribution is -2.48. The van der Waals surface area contributed by atoms with Crippen molar-refractivity contribution in [3.05, 3.63) is 95.3 Å². The van der Waals surface area contributed by atoms with Crippen LogP contribution in [0.1, 0.15) is 29.7 Å². The molecule has 0 aliphatic heterocycles. The second kappa shape index (κ2) is 10.6. The number of hydrogen-bond donors (Lipinski definition) is 2. The number of halogens is 1. The summed E-state index contributed by atoms with van der Waals surface area (Å²) in [5.74, 6) is -0.285. The third-order valence-electron chi connectivity index (χ3n) is 5.30. The Morgan fingerprint density at radius 1 is 1.03 bits per heavy atom. The zero-order valence-corrected chi connectivity index (χ0v) is 19.5. The van der Waals surface area contributed by atoms with E-state index in [4.69, 9.17) is 4.74 Å². The third kappa shape index (κ3) is 6.40. The fraction of sp³-hybridized carbons (Fsp3) is 0.240. The van der Waals surface area contributed by atoms with Gasteiger partial charge in [-0.25, -0.2) is 12.8 Å². The highest BCUT2D eigenvalue weighted by atomic mass is 32.2. The summed E-state index contributed by atoms with van der Waals surface area (Å²) in [6, 6.07) is 18.0. The largest absolute Gasteiger partial charge is 0.496 e. The average Bonchev–Trinajstić information content (AvgIpc) is 2.79. The lowest BCUT2D eigenvalue weighted by molar-refractivity contribution is -0.123. The van der Waals surface area contributed by atoms with Gasteiger partial charge in [0.2, 0.25) is 15.9 Å². The molecular formula is C25H27FN2O4S. The van der Waals surface area contributed by atoms with Gasteiger partial charge in [0.1, 0.15) is 17.6 Å². The van der Waals surface area contributed by atoms with Crippen LogP contribution in [-0.2, 0) is 21.2 Å². The number of ether oxygens (including phenoxy) is 1. The molecule has 1 amide bonds. The van der Waals surface area contributed by atoms with E-state index in [0.717, 1.165) is 5.56 Å². The first-order valence-corrected chi connectivity index (χ1v) is 11.9. The van der Waals surface area contributed by atoms with Gasteiger partial charge in [-0.1, -0.05) is 42.5 Å². The van der Waals surface area contributed by atoms with E-state index in [1.807, 2.05) is 30.3 Å².